The number of halogens is 1. The number of amides is 2. The van der Waals surface area contributed by atoms with Gasteiger partial charge in [0, 0.05) is 67.1 Å². The van der Waals surface area contributed by atoms with Crippen LogP contribution in [0.25, 0.3) is 22.0 Å². The van der Waals surface area contributed by atoms with Gasteiger partial charge in [0.1, 0.15) is 23.5 Å². The Labute approximate surface area is 230 Å². The number of likely N-dealkylation sites (N-methyl/N-ethyl adjacent to an activating group) is 1. The molecular weight excluding hydrogens is 543 g/mol. The number of carbonyl (C=O) groups excluding carboxylic acids is 1. The van der Waals surface area contributed by atoms with Crippen LogP contribution < -0.4 is 19.7 Å². The van der Waals surface area contributed by atoms with Gasteiger partial charge in [-0.25, -0.2) is 22.6 Å². The molecule has 12 nitrogen and oxygen atoms in total. The van der Waals surface area contributed by atoms with Crippen LogP contribution in [-0.4, -0.2) is 86.0 Å². The van der Waals surface area contributed by atoms with E-state index in [2.05, 4.69) is 20.0 Å². The fraction of sp³-hybridized carbons (Fsp3) is 0.385. The lowest BCUT2D eigenvalue weighted by atomic mass is 9.73. The second kappa shape index (κ2) is 9.86. The van der Waals surface area contributed by atoms with Crippen LogP contribution in [0.4, 0.5) is 20.6 Å². The number of likely N-dealkylation sites (tertiary alicyclic amines) is 1. The van der Waals surface area contributed by atoms with Crippen molar-refractivity contribution in [2.24, 2.45) is 0 Å². The minimum absolute atomic E-state index is 0.0218. The number of aromatic nitrogens is 2. The number of benzene rings is 1. The number of carbonyl (C=O) groups is 2. The summed E-state index contributed by atoms with van der Waals surface area (Å²) in [7, 11) is -2.12. The molecule has 3 N–H and O–H groups in total. The molecule has 0 radical (unpaired) electrons. The predicted molar refractivity (Wildman–Crippen MR) is 147 cm³/mol. The Bertz CT molecular complexity index is 1640. The fourth-order valence-corrected chi connectivity index (χ4v) is 5.78. The average molecular weight is 573 g/mol. The van der Waals surface area contributed by atoms with E-state index in [0.717, 1.165) is 11.2 Å². The summed E-state index contributed by atoms with van der Waals surface area (Å²) in [5.41, 5.74) is 0.732. The molecule has 0 unspecified atom stereocenters. The van der Waals surface area contributed by atoms with E-state index in [1.54, 1.807) is 13.1 Å². The van der Waals surface area contributed by atoms with Crippen LogP contribution in [0.1, 0.15) is 19.4 Å². The van der Waals surface area contributed by atoms with E-state index in [4.69, 9.17) is 4.74 Å². The molecule has 1 fully saturated rings. The lowest BCUT2D eigenvalue weighted by Gasteiger charge is -2.45. The first kappa shape index (κ1) is 27.5. The maximum Gasteiger partial charge on any atom is 0.407 e. The van der Waals surface area contributed by atoms with Gasteiger partial charge in [0.05, 0.1) is 23.7 Å². The number of ether oxygens (including phenoxy) is 1. The van der Waals surface area contributed by atoms with Gasteiger partial charge in [-0.05, 0) is 12.1 Å². The average Bonchev–Trinajstić information content (AvgIpc) is 3.07. The van der Waals surface area contributed by atoms with Crippen LogP contribution in [-0.2, 0) is 20.2 Å². The number of rotatable bonds is 8. The van der Waals surface area contributed by atoms with E-state index in [9.17, 15) is 23.1 Å². The van der Waals surface area contributed by atoms with Crippen molar-refractivity contribution in [2.75, 3.05) is 49.2 Å². The highest BCUT2D eigenvalue weighted by Crippen LogP contribution is 2.50. The van der Waals surface area contributed by atoms with E-state index in [1.165, 1.54) is 29.4 Å². The lowest BCUT2D eigenvalue weighted by Crippen LogP contribution is -2.64. The summed E-state index contributed by atoms with van der Waals surface area (Å²) in [6.45, 7) is 4.65. The summed E-state index contributed by atoms with van der Waals surface area (Å²) in [5, 5.41) is 13.1. The quantitative estimate of drug-likeness (QED) is 0.345. The first-order valence-electron chi connectivity index (χ1n) is 12.5. The molecule has 2 aliphatic heterocycles. The highest BCUT2D eigenvalue weighted by molar-refractivity contribution is 7.92. The number of fused-ring (bicyclic) bond motifs is 4. The third-order valence-electron chi connectivity index (χ3n) is 7.03. The molecule has 2 aromatic heterocycles. The van der Waals surface area contributed by atoms with Crippen molar-refractivity contribution in [3.05, 3.63) is 42.0 Å². The number of carboxylic acid groups (broad SMARTS) is 1. The van der Waals surface area contributed by atoms with Crippen LogP contribution in [0.5, 0.6) is 5.88 Å². The summed E-state index contributed by atoms with van der Waals surface area (Å²) in [4.78, 5) is 36.0. The molecule has 1 saturated heterocycles. The van der Waals surface area contributed by atoms with Gasteiger partial charge in [-0.2, -0.15) is 0 Å². The van der Waals surface area contributed by atoms with Gasteiger partial charge in [0.2, 0.25) is 21.8 Å². The van der Waals surface area contributed by atoms with Crippen molar-refractivity contribution in [1.82, 2.24) is 20.2 Å². The number of hydrogen-bond acceptors (Lipinski definition) is 8. The molecule has 0 aliphatic carbocycles. The van der Waals surface area contributed by atoms with Crippen LogP contribution in [0, 0.1) is 5.82 Å². The van der Waals surface area contributed by atoms with Crippen LogP contribution >= 0.6 is 0 Å². The maximum absolute atomic E-state index is 15.5. The summed E-state index contributed by atoms with van der Waals surface area (Å²) >= 11 is 0. The highest BCUT2D eigenvalue weighted by Gasteiger charge is 2.59. The molecule has 0 saturated carbocycles. The van der Waals surface area contributed by atoms with Gasteiger partial charge in [-0.3, -0.25) is 14.5 Å². The van der Waals surface area contributed by atoms with Crippen molar-refractivity contribution < 1.29 is 32.2 Å². The van der Waals surface area contributed by atoms with Gasteiger partial charge in [0.15, 0.2) is 0 Å². The summed E-state index contributed by atoms with van der Waals surface area (Å²) in [6.07, 6.45) is 2.73. The molecule has 0 bridgehead atoms. The standard InChI is InChI=1S/C26H29FN6O6S/c1-14(2)28-5-6-39-23-20(31-40(4,37)38)7-15(10-30-23)16-8-17-19(9-18(16)27)29-11-21-22(17)26(24(34)32(21)3)12-33(13-26)25(35)36/h7-11,14,28,31H,5-6,12-13H2,1-4H3,(H,35,36). The number of hydrogen-bond donors (Lipinski definition) is 3. The second-order valence-corrected chi connectivity index (χ2v) is 12.1. The zero-order valence-electron chi connectivity index (χ0n) is 22.4. The molecule has 4 heterocycles. The van der Waals surface area contributed by atoms with Gasteiger partial charge >= 0.3 is 6.09 Å². The molecule has 40 heavy (non-hydrogen) atoms. The summed E-state index contributed by atoms with van der Waals surface area (Å²) in [6, 6.07) is 4.45. The Hall–Kier alpha value is -4.04. The second-order valence-electron chi connectivity index (χ2n) is 10.4. The molecule has 2 aliphatic rings. The Morgan fingerprint density at radius 2 is 1.95 bits per heavy atom. The Morgan fingerprint density at radius 1 is 1.23 bits per heavy atom. The minimum Gasteiger partial charge on any atom is -0.475 e. The van der Waals surface area contributed by atoms with Gasteiger partial charge in [0.25, 0.3) is 0 Å². The Balaban J connectivity index is 1.59. The number of anilines is 2. The van der Waals surface area contributed by atoms with Gasteiger partial charge in [-0.15, -0.1) is 0 Å². The largest absolute Gasteiger partial charge is 0.475 e. The molecule has 212 valence electrons. The van der Waals surface area contributed by atoms with Crippen LogP contribution in [0.15, 0.2) is 30.6 Å². The van der Waals surface area contributed by atoms with E-state index in [0.29, 0.717) is 28.7 Å². The van der Waals surface area contributed by atoms with E-state index in [-0.39, 0.29) is 54.3 Å². The lowest BCUT2D eigenvalue weighted by molar-refractivity contribution is -0.127. The van der Waals surface area contributed by atoms with Gasteiger partial charge in [-0.1, -0.05) is 13.8 Å². The number of sulfonamides is 1. The first-order chi connectivity index (χ1) is 18.8. The van der Waals surface area contributed by atoms with Crippen molar-refractivity contribution in [2.45, 2.75) is 25.3 Å². The Morgan fingerprint density at radius 3 is 2.60 bits per heavy atom. The smallest absolute Gasteiger partial charge is 0.407 e. The van der Waals surface area contributed by atoms with Crippen LogP contribution in [0.2, 0.25) is 0 Å². The predicted octanol–water partition coefficient (Wildman–Crippen LogP) is 2.39. The molecule has 2 amide bonds. The number of pyridine rings is 2. The number of nitrogens with one attached hydrogen (secondary N) is 2. The summed E-state index contributed by atoms with van der Waals surface area (Å²) in [5.74, 6) is -0.845. The third kappa shape index (κ3) is 4.77. The van der Waals surface area contributed by atoms with Crippen molar-refractivity contribution >= 4 is 44.3 Å². The third-order valence-corrected chi connectivity index (χ3v) is 7.62. The minimum atomic E-state index is -3.72. The van der Waals surface area contributed by atoms with E-state index in [1.807, 2.05) is 13.8 Å². The topological polar surface area (TPSA) is 154 Å². The number of nitrogens with zero attached hydrogens (tertiary/aromatic N) is 4. The van der Waals surface area contributed by atoms with Crippen molar-refractivity contribution in [1.29, 1.82) is 0 Å². The van der Waals surface area contributed by atoms with E-state index >= 15 is 4.39 Å². The molecule has 5 rings (SSSR count). The first-order valence-corrected chi connectivity index (χ1v) is 14.4. The van der Waals surface area contributed by atoms with Crippen molar-refractivity contribution in [3.8, 4) is 17.0 Å². The van der Waals surface area contributed by atoms with Crippen LogP contribution in [0.3, 0.4) is 0 Å². The SMILES string of the molecule is CC(C)NCCOc1ncc(-c2cc3c4c(cnc3cc2F)N(C)C(=O)C42CN(C(=O)O)C2)cc1NS(C)(=O)=O. The highest BCUT2D eigenvalue weighted by atomic mass is 32.2. The normalized spacial score (nSPS) is 16.0. The molecule has 0 atom stereocenters. The van der Waals surface area contributed by atoms with Crippen molar-refractivity contribution in [3.63, 3.8) is 0 Å². The van der Waals surface area contributed by atoms with E-state index < -0.39 is 27.3 Å². The molecule has 1 spiro atoms. The molecular formula is C26H29FN6O6S. The monoisotopic (exact) mass is 572 g/mol. The Kier molecular flexibility index (Phi) is 6.78. The zero-order valence-corrected chi connectivity index (χ0v) is 23.2. The van der Waals surface area contributed by atoms with Gasteiger partial charge < -0.3 is 25.0 Å². The summed E-state index contributed by atoms with van der Waals surface area (Å²) < 4.78 is 47.7. The fourth-order valence-electron chi connectivity index (χ4n) is 5.24. The molecule has 3 aromatic rings. The zero-order chi connectivity index (χ0) is 29.0. The molecule has 1 aromatic carbocycles. The molecule has 14 heteroatoms. The maximum atomic E-state index is 15.5.